The second-order valence-corrected chi connectivity index (χ2v) is 5.93. The molecule has 1 aromatic carbocycles. The summed E-state index contributed by atoms with van der Waals surface area (Å²) in [6.45, 7) is 11.5. The van der Waals surface area contributed by atoms with Crippen LogP contribution in [0.25, 0.3) is 0 Å². The van der Waals surface area contributed by atoms with Gasteiger partial charge in [-0.15, -0.1) is 0 Å². The highest BCUT2D eigenvalue weighted by atomic mass is 16.2. The molecule has 0 heterocycles. The fraction of sp³-hybridized carbons (Fsp3) is 0.588. The summed E-state index contributed by atoms with van der Waals surface area (Å²) in [4.78, 5) is 11.9. The Bertz CT molecular complexity index is 428. The molecule has 2 atom stereocenters. The van der Waals surface area contributed by atoms with Crippen molar-refractivity contribution < 1.29 is 4.79 Å². The lowest BCUT2D eigenvalue weighted by Crippen LogP contribution is -2.38. The number of urea groups is 1. The molecule has 0 fully saturated rings. The molecular formula is C17H29N3O. The van der Waals surface area contributed by atoms with Crippen LogP contribution in [0.1, 0.15) is 52.6 Å². The van der Waals surface area contributed by atoms with Gasteiger partial charge in [0.1, 0.15) is 0 Å². The third kappa shape index (κ3) is 6.17. The summed E-state index contributed by atoms with van der Waals surface area (Å²) in [5, 5.41) is 9.24. The van der Waals surface area contributed by atoms with Gasteiger partial charge in [-0.2, -0.15) is 0 Å². The second kappa shape index (κ2) is 8.67. The van der Waals surface area contributed by atoms with Gasteiger partial charge < -0.3 is 16.0 Å². The monoisotopic (exact) mass is 291 g/mol. The summed E-state index contributed by atoms with van der Waals surface area (Å²) < 4.78 is 0. The van der Waals surface area contributed by atoms with E-state index in [1.807, 2.05) is 19.1 Å². The smallest absolute Gasteiger partial charge is 0.319 e. The van der Waals surface area contributed by atoms with Gasteiger partial charge in [-0.05, 0) is 50.4 Å². The molecular weight excluding hydrogens is 262 g/mol. The molecule has 2 unspecified atom stereocenters. The average Bonchev–Trinajstić information content (AvgIpc) is 2.45. The lowest BCUT2D eigenvalue weighted by atomic mass is 10.1. The lowest BCUT2D eigenvalue weighted by molar-refractivity contribution is 0.246. The molecule has 0 aliphatic rings. The molecule has 3 N–H and O–H groups in total. The van der Waals surface area contributed by atoms with Gasteiger partial charge in [0.15, 0.2) is 0 Å². The third-order valence-corrected chi connectivity index (χ3v) is 3.73. The molecule has 118 valence electrons. The van der Waals surface area contributed by atoms with E-state index in [1.54, 1.807) is 0 Å². The number of benzene rings is 1. The normalized spacial score (nSPS) is 13.8. The van der Waals surface area contributed by atoms with Crippen molar-refractivity contribution in [1.82, 2.24) is 10.6 Å². The van der Waals surface area contributed by atoms with Gasteiger partial charge in [0.05, 0.1) is 0 Å². The van der Waals surface area contributed by atoms with Crippen molar-refractivity contribution in [1.29, 1.82) is 0 Å². The molecule has 4 nitrogen and oxygen atoms in total. The molecule has 2 amide bonds. The van der Waals surface area contributed by atoms with Gasteiger partial charge >= 0.3 is 6.03 Å². The molecule has 0 aliphatic carbocycles. The minimum absolute atomic E-state index is 0.152. The zero-order valence-electron chi connectivity index (χ0n) is 13.9. The van der Waals surface area contributed by atoms with E-state index in [0.29, 0.717) is 12.0 Å². The number of anilines is 1. The maximum Gasteiger partial charge on any atom is 0.319 e. The van der Waals surface area contributed by atoms with Crippen molar-refractivity contribution in [3.8, 4) is 0 Å². The van der Waals surface area contributed by atoms with Crippen LogP contribution in [0.4, 0.5) is 10.5 Å². The van der Waals surface area contributed by atoms with E-state index < -0.39 is 0 Å². The largest absolute Gasteiger partial charge is 0.335 e. The lowest BCUT2D eigenvalue weighted by Gasteiger charge is -2.18. The van der Waals surface area contributed by atoms with Crippen molar-refractivity contribution >= 4 is 11.7 Å². The summed E-state index contributed by atoms with van der Waals surface area (Å²) in [5.41, 5.74) is 2.04. The van der Waals surface area contributed by atoms with Crippen molar-refractivity contribution in [2.75, 3.05) is 11.9 Å². The Kier molecular flexibility index (Phi) is 7.23. The molecule has 0 aliphatic heterocycles. The van der Waals surface area contributed by atoms with Gasteiger partial charge in [-0.1, -0.05) is 32.9 Å². The van der Waals surface area contributed by atoms with E-state index >= 15 is 0 Å². The van der Waals surface area contributed by atoms with E-state index in [1.165, 1.54) is 5.56 Å². The van der Waals surface area contributed by atoms with Crippen molar-refractivity contribution in [3.63, 3.8) is 0 Å². The highest BCUT2D eigenvalue weighted by molar-refractivity contribution is 5.89. The standard InChI is InChI=1S/C17H29N3O/c1-6-11-18-14(5)15-7-9-16(10-8-15)20-17(21)19-13(4)12(2)3/h7-10,12-14,18H,6,11H2,1-5H3,(H2,19,20,21). The van der Waals surface area contributed by atoms with Gasteiger partial charge in [-0.3, -0.25) is 0 Å². The molecule has 21 heavy (non-hydrogen) atoms. The molecule has 0 radical (unpaired) electrons. The number of nitrogens with one attached hydrogen (secondary N) is 3. The molecule has 0 aromatic heterocycles. The molecule has 0 saturated carbocycles. The number of carbonyl (C=O) groups is 1. The van der Waals surface area contributed by atoms with Gasteiger partial charge in [-0.25, -0.2) is 4.79 Å². The molecule has 0 bridgehead atoms. The van der Waals surface area contributed by atoms with Crippen molar-refractivity contribution in [2.24, 2.45) is 5.92 Å². The van der Waals surface area contributed by atoms with Gasteiger partial charge in [0, 0.05) is 17.8 Å². The van der Waals surface area contributed by atoms with E-state index in [0.717, 1.165) is 18.7 Å². The molecule has 4 heteroatoms. The fourth-order valence-electron chi connectivity index (χ4n) is 1.87. The maximum absolute atomic E-state index is 11.9. The number of amides is 2. The summed E-state index contributed by atoms with van der Waals surface area (Å²) in [5.74, 6) is 0.420. The van der Waals surface area contributed by atoms with E-state index in [-0.39, 0.29) is 12.1 Å². The minimum atomic E-state index is -0.152. The van der Waals surface area contributed by atoms with E-state index in [2.05, 4.69) is 55.8 Å². The Morgan fingerprint density at radius 2 is 1.71 bits per heavy atom. The average molecular weight is 291 g/mol. The second-order valence-electron chi connectivity index (χ2n) is 5.93. The molecule has 0 saturated heterocycles. The number of carbonyl (C=O) groups excluding carboxylic acids is 1. The van der Waals surface area contributed by atoms with Crippen molar-refractivity contribution in [3.05, 3.63) is 29.8 Å². The first-order valence-electron chi connectivity index (χ1n) is 7.84. The SMILES string of the molecule is CCCNC(C)c1ccc(NC(=O)NC(C)C(C)C)cc1. The van der Waals surface area contributed by atoms with Crippen LogP contribution in [0.3, 0.4) is 0 Å². The zero-order chi connectivity index (χ0) is 15.8. The number of hydrogen-bond donors (Lipinski definition) is 3. The predicted molar refractivity (Wildman–Crippen MR) is 89.6 cm³/mol. The number of rotatable bonds is 7. The Labute approximate surface area is 128 Å². The van der Waals surface area contributed by atoms with Crippen LogP contribution in [0.2, 0.25) is 0 Å². The summed E-state index contributed by atoms with van der Waals surface area (Å²) in [6.07, 6.45) is 1.12. The molecule has 1 rings (SSSR count). The van der Waals surface area contributed by atoms with Crippen LogP contribution in [-0.4, -0.2) is 18.6 Å². The first kappa shape index (κ1) is 17.5. The van der Waals surface area contributed by atoms with Crippen LogP contribution in [0.15, 0.2) is 24.3 Å². The Morgan fingerprint density at radius 3 is 2.24 bits per heavy atom. The van der Waals surface area contributed by atoms with Gasteiger partial charge in [0.25, 0.3) is 0 Å². The quantitative estimate of drug-likeness (QED) is 0.713. The highest BCUT2D eigenvalue weighted by Crippen LogP contribution is 2.16. The highest BCUT2D eigenvalue weighted by Gasteiger charge is 2.11. The fourth-order valence-corrected chi connectivity index (χ4v) is 1.87. The topological polar surface area (TPSA) is 53.2 Å². The first-order chi connectivity index (χ1) is 9.93. The minimum Gasteiger partial charge on any atom is -0.335 e. The Morgan fingerprint density at radius 1 is 1.10 bits per heavy atom. The van der Waals surface area contributed by atoms with Crippen LogP contribution in [0.5, 0.6) is 0 Å². The zero-order valence-corrected chi connectivity index (χ0v) is 13.9. The maximum atomic E-state index is 11.9. The Hall–Kier alpha value is -1.55. The van der Waals surface area contributed by atoms with Crippen LogP contribution in [-0.2, 0) is 0 Å². The summed E-state index contributed by atoms with van der Waals surface area (Å²) in [6, 6.07) is 8.32. The molecule has 0 spiro atoms. The van der Waals surface area contributed by atoms with E-state index in [4.69, 9.17) is 0 Å². The molecule has 1 aromatic rings. The van der Waals surface area contributed by atoms with Gasteiger partial charge in [0.2, 0.25) is 0 Å². The summed E-state index contributed by atoms with van der Waals surface area (Å²) >= 11 is 0. The van der Waals surface area contributed by atoms with Crippen LogP contribution < -0.4 is 16.0 Å². The number of hydrogen-bond acceptors (Lipinski definition) is 2. The van der Waals surface area contributed by atoms with Crippen LogP contribution in [0, 0.1) is 5.92 Å². The first-order valence-corrected chi connectivity index (χ1v) is 7.84. The third-order valence-electron chi connectivity index (χ3n) is 3.73. The Balaban J connectivity index is 2.52. The van der Waals surface area contributed by atoms with Crippen LogP contribution >= 0.6 is 0 Å². The predicted octanol–water partition coefficient (Wildman–Crippen LogP) is 3.91. The van der Waals surface area contributed by atoms with E-state index in [9.17, 15) is 4.79 Å². The summed E-state index contributed by atoms with van der Waals surface area (Å²) in [7, 11) is 0. The van der Waals surface area contributed by atoms with Crippen molar-refractivity contribution in [2.45, 2.75) is 53.1 Å².